The number of carbonyl (C=O) groups is 2. The van der Waals surface area contributed by atoms with Crippen LogP contribution in [0.1, 0.15) is 18.4 Å². The van der Waals surface area contributed by atoms with E-state index >= 15 is 0 Å². The molecule has 2 N–H and O–H groups in total. The van der Waals surface area contributed by atoms with Crippen molar-refractivity contribution in [2.75, 3.05) is 12.0 Å². The summed E-state index contributed by atoms with van der Waals surface area (Å²) in [6.45, 7) is 0.217. The predicted octanol–water partition coefficient (Wildman–Crippen LogP) is 2.51. The van der Waals surface area contributed by atoms with Gasteiger partial charge in [0.05, 0.1) is 5.41 Å². The molecule has 1 fully saturated rings. The molecule has 1 aliphatic rings. The van der Waals surface area contributed by atoms with Crippen molar-refractivity contribution in [2.24, 2.45) is 5.41 Å². The van der Waals surface area contributed by atoms with Crippen LogP contribution in [0.5, 0.6) is 0 Å². The highest BCUT2D eigenvalue weighted by atomic mass is 32.2. The maximum Gasteiger partial charge on any atom is 0.407 e. The monoisotopic (exact) mass is 309 g/mol. The molecule has 1 saturated carbocycles. The molecule has 114 valence electrons. The van der Waals surface area contributed by atoms with Gasteiger partial charge in [-0.3, -0.25) is 4.79 Å². The highest BCUT2D eigenvalue weighted by Gasteiger charge is 2.50. The lowest BCUT2D eigenvalue weighted by atomic mass is 9.67. The highest BCUT2D eigenvalue weighted by Crippen LogP contribution is 2.43. The van der Waals surface area contributed by atoms with Gasteiger partial charge in [-0.2, -0.15) is 11.8 Å². The second-order valence-corrected chi connectivity index (χ2v) is 6.20. The number of carboxylic acids is 1. The van der Waals surface area contributed by atoms with Crippen LogP contribution in [0.15, 0.2) is 30.3 Å². The number of rotatable bonds is 6. The number of ether oxygens (including phenoxy) is 1. The summed E-state index contributed by atoms with van der Waals surface area (Å²) in [5, 5.41) is 12.0. The van der Waals surface area contributed by atoms with Gasteiger partial charge in [0.2, 0.25) is 0 Å². The summed E-state index contributed by atoms with van der Waals surface area (Å²) in [6, 6.07) is 9.30. The average Bonchev–Trinajstić information content (AvgIpc) is 2.43. The van der Waals surface area contributed by atoms with Gasteiger partial charge in [-0.1, -0.05) is 30.3 Å². The van der Waals surface area contributed by atoms with Crippen molar-refractivity contribution in [1.29, 1.82) is 0 Å². The second kappa shape index (κ2) is 6.85. The van der Waals surface area contributed by atoms with Crippen LogP contribution in [-0.2, 0) is 16.1 Å². The van der Waals surface area contributed by atoms with Gasteiger partial charge in [0.15, 0.2) is 0 Å². The SMILES string of the molecule is CSCC1(C(=O)O)CC(NC(=O)OCc2ccccc2)C1. The van der Waals surface area contributed by atoms with Gasteiger partial charge >= 0.3 is 12.1 Å². The van der Waals surface area contributed by atoms with Gasteiger partial charge in [0.25, 0.3) is 0 Å². The number of alkyl carbamates (subject to hydrolysis) is 1. The molecule has 2 rings (SSSR count). The van der Waals surface area contributed by atoms with Crippen molar-refractivity contribution < 1.29 is 19.4 Å². The van der Waals surface area contributed by atoms with Gasteiger partial charge in [0, 0.05) is 11.8 Å². The third-order valence-corrected chi connectivity index (χ3v) is 4.52. The number of nitrogens with one attached hydrogen (secondary N) is 1. The summed E-state index contributed by atoms with van der Waals surface area (Å²) in [7, 11) is 0. The van der Waals surface area contributed by atoms with E-state index in [4.69, 9.17) is 4.74 Å². The van der Waals surface area contributed by atoms with E-state index in [-0.39, 0.29) is 12.6 Å². The van der Waals surface area contributed by atoms with Crippen molar-refractivity contribution in [3.8, 4) is 0 Å². The second-order valence-electron chi connectivity index (χ2n) is 5.33. The summed E-state index contributed by atoms with van der Waals surface area (Å²) in [5.74, 6) is -0.216. The third kappa shape index (κ3) is 3.91. The molecular formula is C15H19NO4S. The molecule has 0 radical (unpaired) electrons. The molecule has 21 heavy (non-hydrogen) atoms. The summed E-state index contributed by atoms with van der Waals surface area (Å²) >= 11 is 1.52. The van der Waals surface area contributed by atoms with Gasteiger partial charge in [-0.05, 0) is 24.7 Å². The fourth-order valence-electron chi connectivity index (χ4n) is 2.55. The molecule has 0 bridgehead atoms. The molecule has 0 atom stereocenters. The molecule has 6 heteroatoms. The van der Waals surface area contributed by atoms with E-state index in [1.807, 2.05) is 36.6 Å². The molecule has 5 nitrogen and oxygen atoms in total. The first-order chi connectivity index (χ1) is 10.1. The van der Waals surface area contributed by atoms with E-state index in [0.29, 0.717) is 18.6 Å². The summed E-state index contributed by atoms with van der Waals surface area (Å²) in [6.07, 6.45) is 2.32. The van der Waals surface area contributed by atoms with Crippen LogP contribution in [-0.4, -0.2) is 35.2 Å². The number of benzene rings is 1. The Hall–Kier alpha value is -1.69. The number of aliphatic carboxylic acids is 1. The molecule has 1 aromatic carbocycles. The summed E-state index contributed by atoms with van der Waals surface area (Å²) in [5.41, 5.74) is 0.222. The quantitative estimate of drug-likeness (QED) is 0.844. The van der Waals surface area contributed by atoms with Gasteiger partial charge in [0.1, 0.15) is 6.61 Å². The minimum atomic E-state index is -0.785. The first kappa shape index (κ1) is 15.7. The van der Waals surface area contributed by atoms with E-state index in [9.17, 15) is 14.7 Å². The molecule has 0 aromatic heterocycles. The number of hydrogen-bond donors (Lipinski definition) is 2. The predicted molar refractivity (Wildman–Crippen MR) is 81.2 cm³/mol. The normalized spacial score (nSPS) is 24.0. The van der Waals surface area contributed by atoms with E-state index in [0.717, 1.165) is 5.56 Å². The number of carbonyl (C=O) groups excluding carboxylic acids is 1. The zero-order chi connectivity index (χ0) is 15.3. The van der Waals surface area contributed by atoms with Gasteiger partial charge < -0.3 is 15.2 Å². The van der Waals surface area contributed by atoms with Crippen LogP contribution in [0.3, 0.4) is 0 Å². The molecule has 0 saturated heterocycles. The zero-order valence-electron chi connectivity index (χ0n) is 11.9. The molecule has 1 aromatic rings. The first-order valence-electron chi connectivity index (χ1n) is 6.75. The maximum atomic E-state index is 11.7. The molecule has 0 aliphatic heterocycles. The Morgan fingerprint density at radius 1 is 1.38 bits per heavy atom. The van der Waals surface area contributed by atoms with E-state index in [1.165, 1.54) is 11.8 Å². The van der Waals surface area contributed by atoms with Crippen LogP contribution in [0.4, 0.5) is 4.79 Å². The molecule has 0 heterocycles. The van der Waals surface area contributed by atoms with Crippen LogP contribution in [0.2, 0.25) is 0 Å². The lowest BCUT2D eigenvalue weighted by Crippen LogP contribution is -2.55. The van der Waals surface area contributed by atoms with Crippen LogP contribution in [0, 0.1) is 5.41 Å². The lowest BCUT2D eigenvalue weighted by Gasteiger charge is -2.43. The highest BCUT2D eigenvalue weighted by molar-refractivity contribution is 7.98. The van der Waals surface area contributed by atoms with E-state index < -0.39 is 17.5 Å². The Morgan fingerprint density at radius 3 is 2.62 bits per heavy atom. The Kier molecular flexibility index (Phi) is 5.12. The standard InChI is InChI=1S/C15H19NO4S/c1-21-10-15(13(17)18)7-12(8-15)16-14(19)20-9-11-5-3-2-4-6-11/h2-6,12H,7-10H2,1H3,(H,16,19)(H,17,18). The number of hydrogen-bond acceptors (Lipinski definition) is 4. The molecule has 0 spiro atoms. The van der Waals surface area contributed by atoms with Crippen LogP contribution < -0.4 is 5.32 Å². The van der Waals surface area contributed by atoms with Gasteiger partial charge in [-0.25, -0.2) is 4.79 Å². The van der Waals surface area contributed by atoms with Crippen molar-refractivity contribution in [1.82, 2.24) is 5.32 Å². The smallest absolute Gasteiger partial charge is 0.407 e. The van der Waals surface area contributed by atoms with Crippen LogP contribution in [0.25, 0.3) is 0 Å². The Bertz CT molecular complexity index is 500. The summed E-state index contributed by atoms with van der Waals surface area (Å²) < 4.78 is 5.12. The maximum absolute atomic E-state index is 11.7. The van der Waals surface area contributed by atoms with E-state index in [1.54, 1.807) is 0 Å². The lowest BCUT2D eigenvalue weighted by molar-refractivity contribution is -0.153. The molecule has 0 unspecified atom stereocenters. The van der Waals surface area contributed by atoms with E-state index in [2.05, 4.69) is 5.32 Å². The van der Waals surface area contributed by atoms with Crippen molar-refractivity contribution in [3.05, 3.63) is 35.9 Å². The Labute approximate surface area is 128 Å². The van der Waals surface area contributed by atoms with Gasteiger partial charge in [-0.15, -0.1) is 0 Å². The Balaban J connectivity index is 1.74. The molecular weight excluding hydrogens is 290 g/mol. The largest absolute Gasteiger partial charge is 0.481 e. The van der Waals surface area contributed by atoms with Crippen LogP contribution >= 0.6 is 11.8 Å². The minimum Gasteiger partial charge on any atom is -0.481 e. The number of amides is 1. The fourth-order valence-corrected chi connectivity index (χ4v) is 3.46. The summed E-state index contributed by atoms with van der Waals surface area (Å²) in [4.78, 5) is 23.0. The third-order valence-electron chi connectivity index (χ3n) is 3.68. The fraction of sp³-hybridized carbons (Fsp3) is 0.467. The molecule has 1 amide bonds. The molecule has 1 aliphatic carbocycles. The Morgan fingerprint density at radius 2 is 2.05 bits per heavy atom. The van der Waals surface area contributed by atoms with Crippen molar-refractivity contribution in [2.45, 2.75) is 25.5 Å². The van der Waals surface area contributed by atoms with Crippen molar-refractivity contribution in [3.63, 3.8) is 0 Å². The number of carboxylic acid groups (broad SMARTS) is 1. The number of thioether (sulfide) groups is 1. The zero-order valence-corrected chi connectivity index (χ0v) is 12.7. The minimum absolute atomic E-state index is 0.114. The average molecular weight is 309 g/mol. The van der Waals surface area contributed by atoms with Crippen molar-refractivity contribution >= 4 is 23.8 Å². The topological polar surface area (TPSA) is 75.6 Å². The first-order valence-corrected chi connectivity index (χ1v) is 8.15.